The van der Waals surface area contributed by atoms with Gasteiger partial charge < -0.3 is 15.2 Å². The first-order chi connectivity index (χ1) is 16.3. The van der Waals surface area contributed by atoms with Crippen LogP contribution in [0.5, 0.6) is 0 Å². The van der Waals surface area contributed by atoms with Crippen LogP contribution in [0.2, 0.25) is 0 Å². The molecule has 4 heteroatoms. The summed E-state index contributed by atoms with van der Waals surface area (Å²) in [5.74, 6) is 1.98. The first-order valence-corrected chi connectivity index (χ1v) is 11.3. The van der Waals surface area contributed by atoms with Gasteiger partial charge in [0.05, 0.1) is 0 Å². The van der Waals surface area contributed by atoms with Crippen molar-refractivity contribution in [2.45, 2.75) is 18.9 Å². The van der Waals surface area contributed by atoms with Crippen molar-refractivity contribution in [3.63, 3.8) is 0 Å². The molecule has 0 spiro atoms. The van der Waals surface area contributed by atoms with E-state index in [0.717, 1.165) is 41.3 Å². The van der Waals surface area contributed by atoms with Gasteiger partial charge in [-0.25, -0.2) is 0 Å². The SMILES string of the molecule is [Pt].[c-]1ccccc1-c1ccc2c(n1)N1C3=C(C=CC(c4[c-]cccc4)[N-]3)Cc3cccc(c31)C2. The average Bonchev–Trinajstić information content (AvgIpc) is 2.89. The van der Waals surface area contributed by atoms with E-state index in [9.17, 15) is 0 Å². The van der Waals surface area contributed by atoms with E-state index < -0.39 is 0 Å². The van der Waals surface area contributed by atoms with Crippen LogP contribution in [-0.4, -0.2) is 4.98 Å². The number of nitrogens with zero attached hydrogens (tertiary/aromatic N) is 3. The summed E-state index contributed by atoms with van der Waals surface area (Å²) < 4.78 is 0. The molecule has 3 aromatic carbocycles. The summed E-state index contributed by atoms with van der Waals surface area (Å²) in [7, 11) is 0. The van der Waals surface area contributed by atoms with Crippen molar-refractivity contribution in [2.24, 2.45) is 0 Å². The topological polar surface area (TPSA) is 30.2 Å². The van der Waals surface area contributed by atoms with E-state index in [1.807, 2.05) is 36.4 Å². The maximum absolute atomic E-state index is 5.24. The van der Waals surface area contributed by atoms with Gasteiger partial charge in [0.1, 0.15) is 0 Å². The van der Waals surface area contributed by atoms with Crippen molar-refractivity contribution in [1.82, 2.24) is 4.98 Å². The van der Waals surface area contributed by atoms with Crippen LogP contribution in [0.4, 0.5) is 11.5 Å². The summed E-state index contributed by atoms with van der Waals surface area (Å²) in [4.78, 5) is 7.47. The quantitative estimate of drug-likeness (QED) is 0.231. The third-order valence-electron chi connectivity index (χ3n) is 6.63. The Bertz CT molecular complexity index is 1440. The number of allylic oxidation sites excluding steroid dienone is 2. The average molecular weight is 618 g/mol. The van der Waals surface area contributed by atoms with Gasteiger partial charge in [-0.2, -0.15) is 35.9 Å². The maximum atomic E-state index is 5.24. The largest absolute Gasteiger partial charge is 0.456 e. The van der Waals surface area contributed by atoms with E-state index in [4.69, 9.17) is 10.3 Å². The minimum atomic E-state index is -0.0466. The molecule has 0 saturated carbocycles. The molecule has 3 nitrogen and oxygen atoms in total. The minimum Gasteiger partial charge on any atom is -0.456 e. The number of benzene rings is 3. The standard InChI is InChI=1S/C30H20N3.Pt/c1-3-8-20(9-4-1)26-16-14-24-18-22-12-7-13-23-19-25-15-17-27(21-10-5-2-6-11-21)32-30(25)33(28(22)23)29(24)31-26;/h1-8,10,12-17,26H,18-19H2;/q-3;. The van der Waals surface area contributed by atoms with Crippen LogP contribution in [0.25, 0.3) is 16.6 Å². The van der Waals surface area contributed by atoms with Crippen molar-refractivity contribution >= 4 is 11.5 Å². The molecule has 1 unspecified atom stereocenters. The van der Waals surface area contributed by atoms with Crippen molar-refractivity contribution in [3.8, 4) is 11.3 Å². The Balaban J connectivity index is 0.00000217. The Morgan fingerprint density at radius 1 is 0.824 bits per heavy atom. The Labute approximate surface area is 214 Å². The van der Waals surface area contributed by atoms with Gasteiger partial charge in [0, 0.05) is 26.9 Å². The van der Waals surface area contributed by atoms with Gasteiger partial charge in [0.25, 0.3) is 0 Å². The number of pyridine rings is 1. The fraction of sp³-hybridized carbons (Fsp3) is 0.100. The third-order valence-corrected chi connectivity index (χ3v) is 6.63. The zero-order chi connectivity index (χ0) is 21.8. The number of para-hydroxylation sites is 1. The van der Waals surface area contributed by atoms with Crippen LogP contribution in [0.1, 0.15) is 28.3 Å². The molecule has 0 amide bonds. The van der Waals surface area contributed by atoms with Crippen LogP contribution in [0.15, 0.2) is 102 Å². The second-order valence-electron chi connectivity index (χ2n) is 8.67. The second-order valence-corrected chi connectivity index (χ2v) is 8.67. The molecule has 0 bridgehead atoms. The molecule has 1 aromatic heterocycles. The molecular formula is C30H20N3Pt-3. The van der Waals surface area contributed by atoms with Gasteiger partial charge in [-0.3, -0.25) is 0 Å². The molecule has 0 aliphatic carbocycles. The van der Waals surface area contributed by atoms with Crippen LogP contribution >= 0.6 is 0 Å². The second kappa shape index (κ2) is 8.42. The smallest absolute Gasteiger partial charge is 0.0476 e. The summed E-state index contributed by atoms with van der Waals surface area (Å²) >= 11 is 0. The van der Waals surface area contributed by atoms with Crippen LogP contribution < -0.4 is 4.90 Å². The van der Waals surface area contributed by atoms with Crippen molar-refractivity contribution in [1.29, 1.82) is 0 Å². The predicted molar refractivity (Wildman–Crippen MR) is 131 cm³/mol. The van der Waals surface area contributed by atoms with Gasteiger partial charge in [-0.1, -0.05) is 48.3 Å². The Morgan fingerprint density at radius 2 is 1.65 bits per heavy atom. The van der Waals surface area contributed by atoms with Gasteiger partial charge >= 0.3 is 0 Å². The van der Waals surface area contributed by atoms with Crippen molar-refractivity contribution in [2.75, 3.05) is 4.90 Å². The molecule has 0 radical (unpaired) electrons. The number of anilines is 2. The molecule has 0 saturated heterocycles. The monoisotopic (exact) mass is 617 g/mol. The summed E-state index contributed by atoms with van der Waals surface area (Å²) in [6, 6.07) is 33.7. The number of fused-ring (bicyclic) bond motifs is 3. The van der Waals surface area contributed by atoms with Crippen LogP contribution in [0, 0.1) is 12.1 Å². The fourth-order valence-electron chi connectivity index (χ4n) is 5.09. The molecule has 4 aromatic rings. The molecule has 1 atom stereocenters. The third kappa shape index (κ3) is 3.35. The number of hydrogen-bond donors (Lipinski definition) is 0. The molecule has 0 fully saturated rings. The van der Waals surface area contributed by atoms with Gasteiger partial charge in [0.2, 0.25) is 0 Å². The summed E-state index contributed by atoms with van der Waals surface area (Å²) in [6.45, 7) is 0. The zero-order valence-electron chi connectivity index (χ0n) is 18.3. The summed E-state index contributed by atoms with van der Waals surface area (Å²) in [5.41, 5.74) is 9.39. The van der Waals surface area contributed by atoms with E-state index in [1.54, 1.807) is 0 Å². The van der Waals surface area contributed by atoms with E-state index in [0.29, 0.717) is 0 Å². The van der Waals surface area contributed by atoms with E-state index in [-0.39, 0.29) is 27.1 Å². The Morgan fingerprint density at radius 3 is 2.44 bits per heavy atom. The van der Waals surface area contributed by atoms with Gasteiger partial charge in [-0.15, -0.1) is 35.9 Å². The summed E-state index contributed by atoms with van der Waals surface area (Å²) in [6.07, 6.45) is 6.20. The first-order valence-electron chi connectivity index (χ1n) is 11.3. The van der Waals surface area contributed by atoms with Crippen molar-refractivity contribution in [3.05, 3.63) is 142 Å². The maximum Gasteiger partial charge on any atom is 0.0476 e. The van der Waals surface area contributed by atoms with Crippen molar-refractivity contribution < 1.29 is 21.1 Å². The van der Waals surface area contributed by atoms with E-state index >= 15 is 0 Å². The molecule has 3 aliphatic rings. The molecule has 7 rings (SSSR count). The molecule has 34 heavy (non-hydrogen) atoms. The van der Waals surface area contributed by atoms with E-state index in [1.165, 1.54) is 28.0 Å². The molecule has 3 aliphatic heterocycles. The zero-order valence-corrected chi connectivity index (χ0v) is 20.6. The minimum absolute atomic E-state index is 0. The van der Waals surface area contributed by atoms with E-state index in [2.05, 4.69) is 71.6 Å². The number of rotatable bonds is 2. The molecule has 168 valence electrons. The molecule has 0 N–H and O–H groups in total. The predicted octanol–water partition coefficient (Wildman–Crippen LogP) is 6.84. The molecule has 4 heterocycles. The van der Waals surface area contributed by atoms with Crippen LogP contribution in [-0.2, 0) is 33.9 Å². The normalized spacial score (nSPS) is 17.2. The Kier molecular flexibility index (Phi) is 5.23. The number of hydrogen-bond acceptors (Lipinski definition) is 2. The van der Waals surface area contributed by atoms with Gasteiger partial charge in [0.15, 0.2) is 0 Å². The first kappa shape index (κ1) is 21.1. The van der Waals surface area contributed by atoms with Gasteiger partial charge in [-0.05, 0) is 52.5 Å². The van der Waals surface area contributed by atoms with Crippen LogP contribution in [0.3, 0.4) is 0 Å². The fourth-order valence-corrected chi connectivity index (χ4v) is 5.09. The molecular weight excluding hydrogens is 597 g/mol. The summed E-state index contributed by atoms with van der Waals surface area (Å²) in [5, 5.41) is 5.24. The number of aromatic nitrogens is 1. The Hall–Kier alpha value is -3.42.